The van der Waals surface area contributed by atoms with Crippen molar-refractivity contribution in [3.05, 3.63) is 18.3 Å². The Bertz CT molecular complexity index is 465. The van der Waals surface area contributed by atoms with Gasteiger partial charge < -0.3 is 19.1 Å². The van der Waals surface area contributed by atoms with Crippen molar-refractivity contribution in [2.24, 2.45) is 0 Å². The van der Waals surface area contributed by atoms with Crippen molar-refractivity contribution in [2.75, 3.05) is 26.3 Å². The smallest absolute Gasteiger partial charge is 0.410 e. The van der Waals surface area contributed by atoms with Crippen molar-refractivity contribution in [2.45, 2.75) is 31.5 Å². The summed E-state index contributed by atoms with van der Waals surface area (Å²) in [4.78, 5) is 13.8. The van der Waals surface area contributed by atoms with Crippen molar-refractivity contribution in [3.63, 3.8) is 0 Å². The van der Waals surface area contributed by atoms with Crippen LogP contribution in [0.4, 0.5) is 4.79 Å². The summed E-state index contributed by atoms with van der Waals surface area (Å²) in [6, 6.07) is 3.53. The minimum Gasteiger partial charge on any atom is -0.471 e. The van der Waals surface area contributed by atoms with Crippen LogP contribution in [0.1, 0.15) is 19.3 Å². The maximum atomic E-state index is 12.1. The van der Waals surface area contributed by atoms with E-state index in [1.54, 1.807) is 23.2 Å². The Hall–Kier alpha value is -1.89. The number of rotatable bonds is 3. The molecule has 1 amide bonds. The van der Waals surface area contributed by atoms with Gasteiger partial charge >= 0.3 is 6.09 Å². The Balaban J connectivity index is 1.46. The molecule has 0 radical (unpaired) electrons. The topological polar surface area (TPSA) is 73.8 Å². The minimum atomic E-state index is -0.257. The lowest BCUT2D eigenvalue weighted by Gasteiger charge is -2.25. The standard InChI is InChI=1S/C14H19N3O4/c18-14(21-11-4-8-19-9-5-11)17-7-3-12(10-17)20-13-2-1-6-15-16-13/h1-2,6,11-12H,3-5,7-10H2. The van der Waals surface area contributed by atoms with Gasteiger partial charge in [-0.05, 0) is 6.07 Å². The number of carbonyl (C=O) groups excluding carboxylic acids is 1. The molecule has 0 aliphatic carbocycles. The second-order valence-electron chi connectivity index (χ2n) is 5.23. The van der Waals surface area contributed by atoms with Crippen LogP contribution in [0.2, 0.25) is 0 Å². The molecular formula is C14H19N3O4. The third-order valence-electron chi connectivity index (χ3n) is 3.67. The maximum Gasteiger partial charge on any atom is 0.410 e. The number of carbonyl (C=O) groups is 1. The van der Waals surface area contributed by atoms with E-state index in [0.29, 0.717) is 32.2 Å². The van der Waals surface area contributed by atoms with Crippen molar-refractivity contribution < 1.29 is 19.0 Å². The monoisotopic (exact) mass is 293 g/mol. The lowest BCUT2D eigenvalue weighted by Crippen LogP contribution is -2.36. The highest BCUT2D eigenvalue weighted by Gasteiger charge is 2.30. The van der Waals surface area contributed by atoms with Gasteiger partial charge in [-0.2, -0.15) is 5.10 Å². The van der Waals surface area contributed by atoms with Gasteiger partial charge in [0.25, 0.3) is 0 Å². The van der Waals surface area contributed by atoms with E-state index < -0.39 is 0 Å². The van der Waals surface area contributed by atoms with E-state index in [1.807, 2.05) is 0 Å². The number of aromatic nitrogens is 2. The zero-order chi connectivity index (χ0) is 14.5. The predicted octanol–water partition coefficient (Wildman–Crippen LogP) is 1.25. The van der Waals surface area contributed by atoms with Crippen molar-refractivity contribution >= 4 is 6.09 Å². The SMILES string of the molecule is O=C(OC1CCOCC1)N1CCC(Oc2cccnn2)C1. The van der Waals surface area contributed by atoms with E-state index in [9.17, 15) is 4.79 Å². The number of nitrogens with zero attached hydrogens (tertiary/aromatic N) is 3. The molecule has 0 spiro atoms. The van der Waals surface area contributed by atoms with Crippen LogP contribution >= 0.6 is 0 Å². The average Bonchev–Trinajstić information content (AvgIpc) is 2.98. The Morgan fingerprint density at radius 2 is 2.14 bits per heavy atom. The van der Waals surface area contributed by atoms with Gasteiger partial charge in [-0.3, -0.25) is 0 Å². The van der Waals surface area contributed by atoms with Gasteiger partial charge in [0.05, 0.1) is 19.8 Å². The van der Waals surface area contributed by atoms with Crippen LogP contribution in [0.15, 0.2) is 18.3 Å². The largest absolute Gasteiger partial charge is 0.471 e. The van der Waals surface area contributed by atoms with Crippen LogP contribution in [-0.2, 0) is 9.47 Å². The molecule has 114 valence electrons. The summed E-state index contributed by atoms with van der Waals surface area (Å²) in [5.41, 5.74) is 0. The molecule has 7 heteroatoms. The molecule has 1 atom stereocenters. The number of hydrogen-bond acceptors (Lipinski definition) is 6. The molecule has 1 unspecified atom stereocenters. The molecule has 0 aromatic carbocycles. The normalized spacial score (nSPS) is 23.0. The van der Waals surface area contributed by atoms with Crippen LogP contribution in [0.25, 0.3) is 0 Å². The van der Waals surface area contributed by atoms with Crippen molar-refractivity contribution in [1.82, 2.24) is 15.1 Å². The van der Waals surface area contributed by atoms with E-state index in [-0.39, 0.29) is 18.3 Å². The quantitative estimate of drug-likeness (QED) is 0.835. The summed E-state index contributed by atoms with van der Waals surface area (Å²) >= 11 is 0. The second kappa shape index (κ2) is 6.71. The molecule has 2 aliphatic heterocycles. The molecule has 3 rings (SSSR count). The molecule has 7 nitrogen and oxygen atoms in total. The molecule has 21 heavy (non-hydrogen) atoms. The average molecular weight is 293 g/mol. The van der Waals surface area contributed by atoms with E-state index in [2.05, 4.69) is 10.2 Å². The summed E-state index contributed by atoms with van der Waals surface area (Å²) in [6.07, 6.45) is 3.60. The second-order valence-corrected chi connectivity index (χ2v) is 5.23. The van der Waals surface area contributed by atoms with Crippen LogP contribution < -0.4 is 4.74 Å². The molecule has 2 saturated heterocycles. The zero-order valence-corrected chi connectivity index (χ0v) is 11.8. The first kappa shape index (κ1) is 14.1. The Morgan fingerprint density at radius 3 is 2.90 bits per heavy atom. The van der Waals surface area contributed by atoms with Crippen molar-refractivity contribution in [1.29, 1.82) is 0 Å². The number of hydrogen-bond donors (Lipinski definition) is 0. The molecule has 0 N–H and O–H groups in total. The summed E-state index contributed by atoms with van der Waals surface area (Å²) in [5, 5.41) is 7.65. The lowest BCUT2D eigenvalue weighted by molar-refractivity contribution is -0.00899. The summed E-state index contributed by atoms with van der Waals surface area (Å²) < 4.78 is 16.5. The van der Waals surface area contributed by atoms with Gasteiger partial charge in [0, 0.05) is 38.1 Å². The highest BCUT2D eigenvalue weighted by atomic mass is 16.6. The van der Waals surface area contributed by atoms with Crippen LogP contribution in [0, 0.1) is 0 Å². The van der Waals surface area contributed by atoms with Gasteiger partial charge in [-0.1, -0.05) is 0 Å². The predicted molar refractivity (Wildman–Crippen MR) is 73.0 cm³/mol. The first-order chi connectivity index (χ1) is 10.3. The van der Waals surface area contributed by atoms with E-state index in [4.69, 9.17) is 14.2 Å². The molecule has 0 saturated carbocycles. The first-order valence-electron chi connectivity index (χ1n) is 7.29. The fourth-order valence-corrected chi connectivity index (χ4v) is 2.52. The third kappa shape index (κ3) is 3.81. The van der Waals surface area contributed by atoms with E-state index in [1.165, 1.54) is 0 Å². The summed E-state index contributed by atoms with van der Waals surface area (Å²) in [7, 11) is 0. The Labute approximate surface area is 123 Å². The fourth-order valence-electron chi connectivity index (χ4n) is 2.52. The van der Waals surface area contributed by atoms with Gasteiger partial charge in [-0.15, -0.1) is 5.10 Å². The van der Waals surface area contributed by atoms with E-state index >= 15 is 0 Å². The zero-order valence-electron chi connectivity index (χ0n) is 11.8. The molecule has 2 fully saturated rings. The highest BCUT2D eigenvalue weighted by molar-refractivity contribution is 5.68. The minimum absolute atomic E-state index is 0.0220. The van der Waals surface area contributed by atoms with Crippen LogP contribution in [0.5, 0.6) is 5.88 Å². The molecule has 1 aromatic heterocycles. The number of likely N-dealkylation sites (tertiary alicyclic amines) is 1. The van der Waals surface area contributed by atoms with Gasteiger partial charge in [0.1, 0.15) is 12.2 Å². The summed E-state index contributed by atoms with van der Waals surface area (Å²) in [5.74, 6) is 0.488. The highest BCUT2D eigenvalue weighted by Crippen LogP contribution is 2.18. The summed E-state index contributed by atoms with van der Waals surface area (Å²) in [6.45, 7) is 2.50. The molecular weight excluding hydrogens is 274 g/mol. The maximum absolute atomic E-state index is 12.1. The molecule has 1 aromatic rings. The van der Waals surface area contributed by atoms with Crippen LogP contribution in [-0.4, -0.2) is 59.7 Å². The number of amides is 1. The third-order valence-corrected chi connectivity index (χ3v) is 3.67. The Kier molecular flexibility index (Phi) is 4.49. The van der Waals surface area contributed by atoms with Gasteiger partial charge in [0.2, 0.25) is 5.88 Å². The Morgan fingerprint density at radius 1 is 1.29 bits per heavy atom. The van der Waals surface area contributed by atoms with Gasteiger partial charge in [-0.25, -0.2) is 4.79 Å². The first-order valence-corrected chi connectivity index (χ1v) is 7.29. The van der Waals surface area contributed by atoms with E-state index in [0.717, 1.165) is 19.3 Å². The molecule has 0 bridgehead atoms. The number of ether oxygens (including phenoxy) is 3. The van der Waals surface area contributed by atoms with Gasteiger partial charge in [0.15, 0.2) is 0 Å². The fraction of sp³-hybridized carbons (Fsp3) is 0.643. The molecule has 2 aliphatic rings. The molecule has 3 heterocycles. The lowest BCUT2D eigenvalue weighted by atomic mass is 10.2. The van der Waals surface area contributed by atoms with Crippen LogP contribution in [0.3, 0.4) is 0 Å². The van der Waals surface area contributed by atoms with Crippen molar-refractivity contribution in [3.8, 4) is 5.88 Å².